The zero-order chi connectivity index (χ0) is 16.0. The Morgan fingerprint density at radius 3 is 2.78 bits per heavy atom. The number of amides is 1. The van der Waals surface area contributed by atoms with Crippen molar-refractivity contribution in [1.82, 2.24) is 14.3 Å². The fourth-order valence-corrected chi connectivity index (χ4v) is 4.43. The number of aliphatic hydroxyl groups excluding tert-OH is 1. The van der Waals surface area contributed by atoms with E-state index in [0.29, 0.717) is 24.4 Å². The lowest BCUT2D eigenvalue weighted by Gasteiger charge is -2.38. The van der Waals surface area contributed by atoms with E-state index in [-0.39, 0.29) is 12.5 Å². The number of rotatable bonds is 3. The van der Waals surface area contributed by atoms with Gasteiger partial charge in [0.15, 0.2) is 0 Å². The van der Waals surface area contributed by atoms with Crippen molar-refractivity contribution in [2.24, 2.45) is 5.92 Å². The molecule has 0 saturated carbocycles. The highest BCUT2D eigenvalue weighted by molar-refractivity contribution is 5.79. The van der Waals surface area contributed by atoms with Crippen molar-refractivity contribution in [3.8, 4) is 0 Å². The normalized spacial score (nSPS) is 26.9. The molecule has 2 saturated heterocycles. The molecule has 2 aromatic rings. The van der Waals surface area contributed by atoms with Gasteiger partial charge in [0, 0.05) is 31.1 Å². The van der Waals surface area contributed by atoms with Crippen molar-refractivity contribution in [3.63, 3.8) is 0 Å². The van der Waals surface area contributed by atoms with Gasteiger partial charge in [0.05, 0.1) is 12.1 Å². The number of aromatic nitrogens is 2. The largest absolute Gasteiger partial charge is 0.396 e. The summed E-state index contributed by atoms with van der Waals surface area (Å²) in [6.07, 6.45) is 8.27. The molecule has 5 heteroatoms. The molecule has 2 aliphatic heterocycles. The van der Waals surface area contributed by atoms with Gasteiger partial charge in [0.25, 0.3) is 0 Å². The first-order valence-corrected chi connectivity index (χ1v) is 8.51. The lowest BCUT2D eigenvalue weighted by Crippen LogP contribution is -2.47. The van der Waals surface area contributed by atoms with E-state index in [4.69, 9.17) is 0 Å². The summed E-state index contributed by atoms with van der Waals surface area (Å²) >= 11 is 0. The molecule has 2 aliphatic rings. The Balaban J connectivity index is 1.55. The van der Waals surface area contributed by atoms with Crippen LogP contribution in [-0.2, 0) is 11.2 Å². The van der Waals surface area contributed by atoms with Crippen molar-refractivity contribution in [3.05, 3.63) is 35.8 Å². The second-order valence-corrected chi connectivity index (χ2v) is 7.02. The average molecular weight is 313 g/mol. The number of nitrogens with zero attached hydrogens (tertiary/aromatic N) is 3. The number of aryl methyl sites for hydroxylation is 1. The van der Waals surface area contributed by atoms with Gasteiger partial charge in [-0.3, -0.25) is 4.79 Å². The number of carbonyl (C=O) groups excluding carboxylic acids is 1. The standard InChI is InChI=1S/C18H23N3O2/c1-12-3-2-6-20-16(10-19-18(12)20)9-17(23)21-14-4-5-15(21)8-13(7-14)11-22/h2-3,6,10,13-15,22H,4-5,7-9,11H2,1H3/t13?,14-,15+. The van der Waals surface area contributed by atoms with Crippen LogP contribution in [0.25, 0.3) is 5.65 Å². The topological polar surface area (TPSA) is 57.8 Å². The van der Waals surface area contributed by atoms with Gasteiger partial charge in [-0.25, -0.2) is 4.98 Å². The molecule has 122 valence electrons. The van der Waals surface area contributed by atoms with Crippen LogP contribution in [0.3, 0.4) is 0 Å². The van der Waals surface area contributed by atoms with E-state index in [1.165, 1.54) is 0 Å². The van der Waals surface area contributed by atoms with Gasteiger partial charge >= 0.3 is 0 Å². The molecule has 5 nitrogen and oxygen atoms in total. The highest BCUT2D eigenvalue weighted by atomic mass is 16.3. The number of hydrogen-bond donors (Lipinski definition) is 1. The third-order valence-electron chi connectivity index (χ3n) is 5.52. The quantitative estimate of drug-likeness (QED) is 0.942. The van der Waals surface area contributed by atoms with Gasteiger partial charge in [0.2, 0.25) is 5.91 Å². The lowest BCUT2D eigenvalue weighted by molar-refractivity contribution is -0.136. The summed E-state index contributed by atoms with van der Waals surface area (Å²) in [5, 5.41) is 9.42. The zero-order valence-electron chi connectivity index (χ0n) is 13.5. The Labute approximate surface area is 135 Å². The van der Waals surface area contributed by atoms with E-state index >= 15 is 0 Å². The Morgan fingerprint density at radius 2 is 2.09 bits per heavy atom. The van der Waals surface area contributed by atoms with Crippen LogP contribution in [0.1, 0.15) is 36.9 Å². The molecule has 0 aromatic carbocycles. The number of piperidine rings is 1. The van der Waals surface area contributed by atoms with Gasteiger partial charge in [-0.15, -0.1) is 0 Å². The van der Waals surface area contributed by atoms with Crippen molar-refractivity contribution in [2.45, 2.75) is 51.1 Å². The Kier molecular flexibility index (Phi) is 3.60. The predicted molar refractivity (Wildman–Crippen MR) is 87.1 cm³/mol. The molecule has 3 atom stereocenters. The van der Waals surface area contributed by atoms with Gasteiger partial charge in [0.1, 0.15) is 5.65 Å². The van der Waals surface area contributed by atoms with Crippen LogP contribution in [-0.4, -0.2) is 44.0 Å². The van der Waals surface area contributed by atoms with Crippen molar-refractivity contribution in [1.29, 1.82) is 0 Å². The van der Waals surface area contributed by atoms with Crippen LogP contribution < -0.4 is 0 Å². The van der Waals surface area contributed by atoms with Gasteiger partial charge in [-0.05, 0) is 50.2 Å². The highest BCUT2D eigenvalue weighted by Crippen LogP contribution is 2.38. The van der Waals surface area contributed by atoms with Gasteiger partial charge in [-0.1, -0.05) is 6.07 Å². The third kappa shape index (κ3) is 2.43. The number of pyridine rings is 1. The summed E-state index contributed by atoms with van der Waals surface area (Å²) in [4.78, 5) is 19.4. The maximum Gasteiger partial charge on any atom is 0.229 e. The molecule has 4 heterocycles. The Morgan fingerprint density at radius 1 is 1.35 bits per heavy atom. The van der Waals surface area contributed by atoms with Crippen molar-refractivity contribution < 1.29 is 9.90 Å². The van der Waals surface area contributed by atoms with E-state index < -0.39 is 0 Å². The first kappa shape index (κ1) is 14.7. The maximum absolute atomic E-state index is 12.9. The third-order valence-corrected chi connectivity index (χ3v) is 5.52. The molecule has 2 bridgehead atoms. The van der Waals surface area contributed by atoms with E-state index in [1.54, 1.807) is 0 Å². The molecular weight excluding hydrogens is 290 g/mol. The lowest BCUT2D eigenvalue weighted by atomic mass is 9.91. The maximum atomic E-state index is 12.9. The molecule has 1 unspecified atom stereocenters. The van der Waals surface area contributed by atoms with Crippen molar-refractivity contribution >= 4 is 11.6 Å². The monoisotopic (exact) mass is 313 g/mol. The summed E-state index contributed by atoms with van der Waals surface area (Å²) in [5.41, 5.74) is 3.00. The number of hydrogen-bond acceptors (Lipinski definition) is 3. The second kappa shape index (κ2) is 5.64. The molecule has 2 fully saturated rings. The zero-order valence-corrected chi connectivity index (χ0v) is 13.5. The van der Waals surface area contributed by atoms with Crippen LogP contribution in [0, 0.1) is 12.8 Å². The van der Waals surface area contributed by atoms with Crippen LogP contribution in [0.2, 0.25) is 0 Å². The first-order valence-electron chi connectivity index (χ1n) is 8.51. The smallest absolute Gasteiger partial charge is 0.229 e. The Bertz CT molecular complexity index is 725. The summed E-state index contributed by atoms with van der Waals surface area (Å²) in [5.74, 6) is 0.576. The molecule has 0 spiro atoms. The van der Waals surface area contributed by atoms with E-state index in [9.17, 15) is 9.90 Å². The van der Waals surface area contributed by atoms with E-state index in [0.717, 1.165) is 42.6 Å². The Hall–Kier alpha value is -1.88. The second-order valence-electron chi connectivity index (χ2n) is 7.02. The summed E-state index contributed by atoms with van der Waals surface area (Å²) in [6, 6.07) is 4.67. The molecule has 1 N–H and O–H groups in total. The van der Waals surface area contributed by atoms with Crippen LogP contribution in [0.15, 0.2) is 24.5 Å². The summed E-state index contributed by atoms with van der Waals surface area (Å²) in [7, 11) is 0. The molecular formula is C18H23N3O2. The van der Waals surface area contributed by atoms with E-state index in [1.807, 2.05) is 35.9 Å². The van der Waals surface area contributed by atoms with Crippen LogP contribution in [0.4, 0.5) is 0 Å². The number of carbonyl (C=O) groups is 1. The first-order chi connectivity index (χ1) is 11.2. The fraction of sp³-hybridized carbons (Fsp3) is 0.556. The number of aliphatic hydroxyl groups is 1. The van der Waals surface area contributed by atoms with Crippen molar-refractivity contribution in [2.75, 3.05) is 6.61 Å². The molecule has 1 amide bonds. The molecule has 4 rings (SSSR count). The fourth-order valence-electron chi connectivity index (χ4n) is 4.43. The van der Waals surface area contributed by atoms with Crippen LogP contribution >= 0.6 is 0 Å². The predicted octanol–water partition coefficient (Wildman–Crippen LogP) is 1.95. The minimum Gasteiger partial charge on any atom is -0.396 e. The SMILES string of the molecule is Cc1cccn2c(CC(=O)N3[C@@H]4CC[C@H]3CC(CO)C4)cnc12. The average Bonchev–Trinajstić information content (AvgIpc) is 3.07. The summed E-state index contributed by atoms with van der Waals surface area (Å²) in [6.45, 7) is 2.29. The highest BCUT2D eigenvalue weighted by Gasteiger charge is 2.42. The molecule has 0 radical (unpaired) electrons. The van der Waals surface area contributed by atoms with E-state index in [2.05, 4.69) is 9.88 Å². The van der Waals surface area contributed by atoms with Gasteiger partial charge < -0.3 is 14.4 Å². The minimum atomic E-state index is 0.206. The molecule has 0 aliphatic carbocycles. The van der Waals surface area contributed by atoms with Crippen LogP contribution in [0.5, 0.6) is 0 Å². The number of imidazole rings is 1. The molecule has 23 heavy (non-hydrogen) atoms. The van der Waals surface area contributed by atoms with Gasteiger partial charge in [-0.2, -0.15) is 0 Å². The molecule has 2 aromatic heterocycles. The summed E-state index contributed by atoms with van der Waals surface area (Å²) < 4.78 is 2.02. The minimum absolute atomic E-state index is 0.206. The number of fused-ring (bicyclic) bond motifs is 3.